The predicted octanol–water partition coefficient (Wildman–Crippen LogP) is 4.62. The van der Waals surface area contributed by atoms with E-state index in [9.17, 15) is 9.59 Å². The van der Waals surface area contributed by atoms with Crippen LogP contribution >= 0.6 is 0 Å². The van der Waals surface area contributed by atoms with Gasteiger partial charge in [0.15, 0.2) is 0 Å². The molecule has 5 nitrogen and oxygen atoms in total. The van der Waals surface area contributed by atoms with E-state index in [1.54, 1.807) is 19.2 Å². The molecule has 0 saturated heterocycles. The fraction of sp³-hybridized carbons (Fsp3) is 0.200. The first-order valence-corrected chi connectivity index (χ1v) is 9.62. The number of hydrogen-bond acceptors (Lipinski definition) is 4. The third kappa shape index (κ3) is 4.87. The zero-order chi connectivity index (χ0) is 21.7. The van der Waals surface area contributed by atoms with Crippen molar-refractivity contribution < 1.29 is 19.1 Å². The number of benzene rings is 3. The summed E-state index contributed by atoms with van der Waals surface area (Å²) in [6.45, 7) is 3.94. The van der Waals surface area contributed by atoms with Crippen molar-refractivity contribution in [2.45, 2.75) is 19.9 Å². The van der Waals surface area contributed by atoms with Gasteiger partial charge in [-0.25, -0.2) is 4.79 Å². The number of methoxy groups -OCH3 is 2. The number of rotatable bonds is 6. The maximum Gasteiger partial charge on any atom is 0.337 e. The van der Waals surface area contributed by atoms with Gasteiger partial charge in [-0.1, -0.05) is 41.5 Å². The second-order valence-corrected chi connectivity index (χ2v) is 7.17. The van der Waals surface area contributed by atoms with E-state index in [0.717, 1.165) is 28.0 Å². The van der Waals surface area contributed by atoms with Gasteiger partial charge in [0.05, 0.1) is 25.8 Å². The Morgan fingerprint density at radius 1 is 0.767 bits per heavy atom. The number of nitrogens with one attached hydrogen (secondary N) is 1. The van der Waals surface area contributed by atoms with Gasteiger partial charge >= 0.3 is 5.97 Å². The summed E-state index contributed by atoms with van der Waals surface area (Å²) in [5.41, 5.74) is 4.88. The van der Waals surface area contributed by atoms with E-state index in [1.165, 1.54) is 7.11 Å². The Labute approximate surface area is 176 Å². The number of hydrogen-bond donors (Lipinski definition) is 1. The number of aryl methyl sites for hydroxylation is 2. The lowest BCUT2D eigenvalue weighted by atomic mass is 9.96. The summed E-state index contributed by atoms with van der Waals surface area (Å²) in [6.07, 6.45) is 0. The molecule has 3 aromatic carbocycles. The molecular weight excluding hydrogens is 378 g/mol. The smallest absolute Gasteiger partial charge is 0.337 e. The summed E-state index contributed by atoms with van der Waals surface area (Å²) >= 11 is 0. The van der Waals surface area contributed by atoms with E-state index in [-0.39, 0.29) is 5.91 Å². The molecule has 0 heterocycles. The zero-order valence-electron chi connectivity index (χ0n) is 17.6. The minimum Gasteiger partial charge on any atom is -0.497 e. The maximum atomic E-state index is 13.0. The number of carbonyl (C=O) groups is 2. The summed E-state index contributed by atoms with van der Waals surface area (Å²) in [6, 6.07) is 20.0. The Hall–Kier alpha value is -3.60. The SMILES string of the molecule is COC(=O)c1ccc(C(NC(=O)c2cc(C)cc(C)c2)c2ccc(OC)cc2)cc1. The van der Waals surface area contributed by atoms with Crippen molar-refractivity contribution in [3.63, 3.8) is 0 Å². The molecule has 0 bridgehead atoms. The number of carbonyl (C=O) groups excluding carboxylic acids is 2. The molecule has 1 amide bonds. The summed E-state index contributed by atoms with van der Waals surface area (Å²) in [5, 5.41) is 3.12. The molecule has 3 aromatic rings. The van der Waals surface area contributed by atoms with Gasteiger partial charge in [-0.05, 0) is 61.4 Å². The molecular formula is C25H25NO4. The van der Waals surface area contributed by atoms with Gasteiger partial charge in [-0.15, -0.1) is 0 Å². The first kappa shape index (κ1) is 21.1. The van der Waals surface area contributed by atoms with E-state index in [2.05, 4.69) is 5.32 Å². The van der Waals surface area contributed by atoms with Crippen molar-refractivity contribution in [2.24, 2.45) is 0 Å². The van der Waals surface area contributed by atoms with Gasteiger partial charge in [0.25, 0.3) is 5.91 Å². The molecule has 0 aromatic heterocycles. The molecule has 5 heteroatoms. The minimum absolute atomic E-state index is 0.167. The van der Waals surface area contributed by atoms with Crippen LogP contribution in [0.15, 0.2) is 66.7 Å². The Kier molecular flexibility index (Phi) is 6.52. The number of ether oxygens (including phenoxy) is 2. The highest BCUT2D eigenvalue weighted by Crippen LogP contribution is 2.25. The summed E-state index contributed by atoms with van der Waals surface area (Å²) in [5.74, 6) is 0.167. The van der Waals surface area contributed by atoms with Crippen LogP contribution in [0.1, 0.15) is 49.0 Å². The van der Waals surface area contributed by atoms with Crippen LogP contribution in [0.3, 0.4) is 0 Å². The lowest BCUT2D eigenvalue weighted by molar-refractivity contribution is 0.0600. The van der Waals surface area contributed by atoms with E-state index < -0.39 is 12.0 Å². The van der Waals surface area contributed by atoms with Crippen LogP contribution in [0.4, 0.5) is 0 Å². The van der Waals surface area contributed by atoms with Crippen LogP contribution in [-0.2, 0) is 4.74 Å². The van der Waals surface area contributed by atoms with Crippen LogP contribution < -0.4 is 10.1 Å². The van der Waals surface area contributed by atoms with Gasteiger partial charge in [0.1, 0.15) is 5.75 Å². The number of esters is 1. The molecule has 3 rings (SSSR count). The monoisotopic (exact) mass is 403 g/mol. The van der Waals surface area contributed by atoms with Gasteiger partial charge in [-0.2, -0.15) is 0 Å². The van der Waals surface area contributed by atoms with E-state index in [1.807, 2.05) is 68.4 Å². The summed E-state index contributed by atoms with van der Waals surface area (Å²) in [7, 11) is 2.96. The molecule has 0 aliphatic heterocycles. The molecule has 0 radical (unpaired) electrons. The first-order chi connectivity index (χ1) is 14.4. The molecule has 30 heavy (non-hydrogen) atoms. The predicted molar refractivity (Wildman–Crippen MR) is 116 cm³/mol. The summed E-state index contributed by atoms with van der Waals surface area (Å²) < 4.78 is 10.0. The molecule has 0 aliphatic carbocycles. The van der Waals surface area contributed by atoms with Crippen molar-refractivity contribution in [3.8, 4) is 5.75 Å². The Morgan fingerprint density at radius 3 is 1.80 bits per heavy atom. The highest BCUT2D eigenvalue weighted by molar-refractivity contribution is 5.95. The van der Waals surface area contributed by atoms with Crippen LogP contribution in [0, 0.1) is 13.8 Å². The second-order valence-electron chi connectivity index (χ2n) is 7.17. The quantitative estimate of drug-likeness (QED) is 0.610. The summed E-state index contributed by atoms with van der Waals surface area (Å²) in [4.78, 5) is 24.8. The fourth-order valence-corrected chi connectivity index (χ4v) is 3.41. The second kappa shape index (κ2) is 9.27. The largest absolute Gasteiger partial charge is 0.497 e. The van der Waals surface area contributed by atoms with Crippen LogP contribution in [0.25, 0.3) is 0 Å². The van der Waals surface area contributed by atoms with Gasteiger partial charge in [0, 0.05) is 5.56 Å². The van der Waals surface area contributed by atoms with Crippen LogP contribution in [0.2, 0.25) is 0 Å². The van der Waals surface area contributed by atoms with Crippen molar-refractivity contribution in [2.75, 3.05) is 14.2 Å². The van der Waals surface area contributed by atoms with E-state index in [4.69, 9.17) is 9.47 Å². The van der Waals surface area contributed by atoms with E-state index >= 15 is 0 Å². The van der Waals surface area contributed by atoms with Crippen molar-refractivity contribution in [3.05, 3.63) is 100 Å². The first-order valence-electron chi connectivity index (χ1n) is 9.62. The lowest BCUT2D eigenvalue weighted by Crippen LogP contribution is -2.29. The lowest BCUT2D eigenvalue weighted by Gasteiger charge is -2.21. The molecule has 0 aliphatic rings. The van der Waals surface area contributed by atoms with E-state index in [0.29, 0.717) is 11.1 Å². The molecule has 0 spiro atoms. The molecule has 1 unspecified atom stereocenters. The van der Waals surface area contributed by atoms with Gasteiger partial charge in [0.2, 0.25) is 0 Å². The third-order valence-electron chi connectivity index (χ3n) is 4.87. The number of amides is 1. The van der Waals surface area contributed by atoms with Gasteiger partial charge in [-0.3, -0.25) is 4.79 Å². The van der Waals surface area contributed by atoms with Crippen molar-refractivity contribution in [1.29, 1.82) is 0 Å². The Bertz CT molecular complexity index is 1020. The molecule has 1 atom stereocenters. The van der Waals surface area contributed by atoms with Crippen molar-refractivity contribution in [1.82, 2.24) is 5.32 Å². The van der Waals surface area contributed by atoms with Crippen LogP contribution in [-0.4, -0.2) is 26.1 Å². The Balaban J connectivity index is 1.96. The highest BCUT2D eigenvalue weighted by Gasteiger charge is 2.19. The zero-order valence-corrected chi connectivity index (χ0v) is 17.6. The minimum atomic E-state index is -0.401. The third-order valence-corrected chi connectivity index (χ3v) is 4.87. The maximum absolute atomic E-state index is 13.0. The van der Waals surface area contributed by atoms with Crippen molar-refractivity contribution >= 4 is 11.9 Å². The fourth-order valence-electron chi connectivity index (χ4n) is 3.41. The van der Waals surface area contributed by atoms with Gasteiger partial charge < -0.3 is 14.8 Å². The average Bonchev–Trinajstić information content (AvgIpc) is 2.76. The molecule has 0 saturated carbocycles. The Morgan fingerprint density at radius 2 is 1.30 bits per heavy atom. The van der Waals surface area contributed by atoms with Crippen LogP contribution in [0.5, 0.6) is 5.75 Å². The standard InChI is InChI=1S/C25H25NO4/c1-16-13-17(2)15-21(14-16)24(27)26-23(19-9-11-22(29-3)12-10-19)18-5-7-20(8-6-18)25(28)30-4/h5-15,23H,1-4H3,(H,26,27). The topological polar surface area (TPSA) is 64.6 Å². The molecule has 154 valence electrons. The average molecular weight is 403 g/mol. The highest BCUT2D eigenvalue weighted by atomic mass is 16.5. The normalized spacial score (nSPS) is 11.5. The molecule has 0 fully saturated rings. The molecule has 1 N–H and O–H groups in total.